The predicted molar refractivity (Wildman–Crippen MR) is 123 cm³/mol. The van der Waals surface area contributed by atoms with Gasteiger partial charge in [0.2, 0.25) is 0 Å². The molecule has 0 saturated heterocycles. The van der Waals surface area contributed by atoms with E-state index in [0.29, 0.717) is 23.8 Å². The Morgan fingerprint density at radius 3 is 1.97 bits per heavy atom. The second kappa shape index (κ2) is 10.5. The van der Waals surface area contributed by atoms with Crippen molar-refractivity contribution in [3.63, 3.8) is 0 Å². The van der Waals surface area contributed by atoms with Crippen molar-refractivity contribution in [1.29, 1.82) is 0 Å². The fourth-order valence-electron chi connectivity index (χ4n) is 3.99. The van der Waals surface area contributed by atoms with Gasteiger partial charge in [0.25, 0.3) is 0 Å². The van der Waals surface area contributed by atoms with Gasteiger partial charge >= 0.3 is 18.3 Å². The van der Waals surface area contributed by atoms with Crippen LogP contribution in [0.3, 0.4) is 0 Å². The fourth-order valence-corrected chi connectivity index (χ4v) is 3.99. The van der Waals surface area contributed by atoms with Crippen molar-refractivity contribution in [3.05, 3.63) is 95.1 Å². The van der Waals surface area contributed by atoms with Crippen molar-refractivity contribution in [2.75, 3.05) is 6.54 Å². The first-order valence-corrected chi connectivity index (χ1v) is 11.7. The van der Waals surface area contributed by atoms with Crippen LogP contribution in [-0.4, -0.2) is 30.1 Å². The van der Waals surface area contributed by atoms with E-state index in [1.165, 1.54) is 24.3 Å². The lowest BCUT2D eigenvalue weighted by molar-refractivity contribution is -0.289. The summed E-state index contributed by atoms with van der Waals surface area (Å²) in [7, 11) is 0. The minimum atomic E-state index is -5.87. The van der Waals surface area contributed by atoms with E-state index in [1.54, 1.807) is 12.1 Å². The fraction of sp³-hybridized carbons (Fsp3) is 0.333. The van der Waals surface area contributed by atoms with Crippen molar-refractivity contribution in [2.45, 2.75) is 49.2 Å². The standard InChI is InChI=1S/C27H23F8NO2/c28-25(29,27(33,34)35)20-7-1-5-18(12-20)24(36-15-23(37)26(30,31)32)19-6-3-9-22(14-19)38-21-8-2-4-17(13-21)16-10-11-16/h1-9,12-14,16,23-24,36-37H,10-11,15H2. The van der Waals surface area contributed by atoms with E-state index in [-0.39, 0.29) is 16.9 Å². The third-order valence-corrected chi connectivity index (χ3v) is 6.17. The Balaban J connectivity index is 1.67. The summed E-state index contributed by atoms with van der Waals surface area (Å²) in [4.78, 5) is 0. The summed E-state index contributed by atoms with van der Waals surface area (Å²) in [5.74, 6) is -3.94. The van der Waals surface area contributed by atoms with Crippen LogP contribution < -0.4 is 10.1 Å². The van der Waals surface area contributed by atoms with Gasteiger partial charge < -0.3 is 15.2 Å². The molecule has 11 heteroatoms. The van der Waals surface area contributed by atoms with Crippen LogP contribution in [0.2, 0.25) is 0 Å². The van der Waals surface area contributed by atoms with Crippen molar-refractivity contribution in [3.8, 4) is 11.5 Å². The van der Waals surface area contributed by atoms with Gasteiger partial charge in [0.05, 0.1) is 6.04 Å². The molecule has 0 aliphatic heterocycles. The number of benzene rings is 3. The van der Waals surface area contributed by atoms with Crippen LogP contribution in [0.15, 0.2) is 72.8 Å². The summed E-state index contributed by atoms with van der Waals surface area (Å²) in [6.07, 6.45) is -11.5. The Hall–Kier alpha value is -3.18. The molecule has 2 N–H and O–H groups in total. The van der Waals surface area contributed by atoms with Gasteiger partial charge in [-0.2, -0.15) is 35.1 Å². The second-order valence-electron chi connectivity index (χ2n) is 9.12. The molecular formula is C27H23F8NO2. The van der Waals surface area contributed by atoms with E-state index >= 15 is 0 Å². The van der Waals surface area contributed by atoms with Crippen LogP contribution in [0.25, 0.3) is 0 Å². The largest absolute Gasteiger partial charge is 0.458 e. The van der Waals surface area contributed by atoms with Crippen molar-refractivity contribution in [2.24, 2.45) is 0 Å². The van der Waals surface area contributed by atoms with Gasteiger partial charge in [-0.15, -0.1) is 0 Å². The minimum Gasteiger partial charge on any atom is -0.457 e. The third-order valence-electron chi connectivity index (χ3n) is 6.17. The molecule has 38 heavy (non-hydrogen) atoms. The van der Waals surface area contributed by atoms with Gasteiger partial charge in [0.15, 0.2) is 6.10 Å². The average molecular weight is 545 g/mol. The monoisotopic (exact) mass is 545 g/mol. The number of alkyl halides is 8. The summed E-state index contributed by atoms with van der Waals surface area (Å²) < 4.78 is 112. The molecule has 1 aliphatic carbocycles. The number of rotatable bonds is 9. The Bertz CT molecular complexity index is 1250. The van der Waals surface area contributed by atoms with Crippen LogP contribution >= 0.6 is 0 Å². The minimum absolute atomic E-state index is 0.159. The number of halogens is 8. The highest BCUT2D eigenvalue weighted by Crippen LogP contribution is 2.45. The van der Waals surface area contributed by atoms with Gasteiger partial charge in [0, 0.05) is 12.1 Å². The number of hydrogen-bond acceptors (Lipinski definition) is 3. The lowest BCUT2D eigenvalue weighted by atomic mass is 9.95. The zero-order valence-electron chi connectivity index (χ0n) is 19.7. The van der Waals surface area contributed by atoms with Crippen molar-refractivity contribution >= 4 is 0 Å². The molecular weight excluding hydrogens is 522 g/mol. The molecule has 0 bridgehead atoms. The molecule has 3 aromatic rings. The number of aliphatic hydroxyl groups is 1. The SMILES string of the molecule is OC(CNC(c1cccc(Oc2cccc(C3CC3)c2)c1)c1cccc(C(F)(F)C(F)(F)F)c1)C(F)(F)F. The summed E-state index contributed by atoms with van der Waals surface area (Å²) >= 11 is 0. The highest BCUT2D eigenvalue weighted by molar-refractivity contribution is 5.42. The molecule has 1 fully saturated rings. The molecule has 3 nitrogen and oxygen atoms in total. The molecule has 0 aromatic heterocycles. The van der Waals surface area contributed by atoms with Crippen molar-refractivity contribution in [1.82, 2.24) is 5.32 Å². The Labute approximate surface area is 213 Å². The number of nitrogens with one attached hydrogen (secondary N) is 1. The third kappa shape index (κ3) is 6.44. The molecule has 0 radical (unpaired) electrons. The second-order valence-corrected chi connectivity index (χ2v) is 9.12. The Morgan fingerprint density at radius 1 is 0.789 bits per heavy atom. The molecule has 1 aliphatic rings. The van der Waals surface area contributed by atoms with E-state index in [2.05, 4.69) is 5.32 Å². The van der Waals surface area contributed by atoms with Gasteiger partial charge in [0.1, 0.15) is 11.5 Å². The normalized spacial score (nSPS) is 16.2. The molecule has 0 amide bonds. The smallest absolute Gasteiger partial charge is 0.457 e. The Kier molecular flexibility index (Phi) is 7.72. The maximum absolute atomic E-state index is 14.0. The maximum atomic E-state index is 14.0. The zero-order valence-corrected chi connectivity index (χ0v) is 19.7. The summed E-state index contributed by atoms with van der Waals surface area (Å²) in [6, 6.07) is 15.4. The number of hydrogen-bond donors (Lipinski definition) is 2. The van der Waals surface area contributed by atoms with Gasteiger partial charge in [-0.25, -0.2) is 0 Å². The highest BCUT2D eigenvalue weighted by Gasteiger charge is 2.58. The summed E-state index contributed by atoms with van der Waals surface area (Å²) in [5.41, 5.74) is -0.201. The topological polar surface area (TPSA) is 41.5 Å². The molecule has 2 atom stereocenters. The number of aliphatic hydroxyl groups excluding tert-OH is 1. The van der Waals surface area contributed by atoms with Crippen LogP contribution in [0, 0.1) is 0 Å². The Morgan fingerprint density at radius 2 is 1.37 bits per heavy atom. The molecule has 2 unspecified atom stereocenters. The molecule has 0 heterocycles. The lowest BCUT2D eigenvalue weighted by Crippen LogP contribution is -2.40. The van der Waals surface area contributed by atoms with E-state index in [0.717, 1.165) is 24.5 Å². The molecule has 4 rings (SSSR count). The zero-order chi connectivity index (χ0) is 27.7. The first-order valence-electron chi connectivity index (χ1n) is 11.7. The molecule has 3 aromatic carbocycles. The van der Waals surface area contributed by atoms with Gasteiger partial charge in [-0.1, -0.05) is 42.5 Å². The number of ether oxygens (including phenoxy) is 1. The van der Waals surface area contributed by atoms with E-state index in [9.17, 15) is 40.2 Å². The van der Waals surface area contributed by atoms with Crippen LogP contribution in [0.4, 0.5) is 35.1 Å². The highest BCUT2D eigenvalue weighted by atomic mass is 19.4. The van der Waals surface area contributed by atoms with Crippen LogP contribution in [0.5, 0.6) is 11.5 Å². The van der Waals surface area contributed by atoms with Crippen LogP contribution in [-0.2, 0) is 5.92 Å². The van der Waals surface area contributed by atoms with E-state index in [4.69, 9.17) is 4.74 Å². The molecule has 0 spiro atoms. The van der Waals surface area contributed by atoms with Gasteiger partial charge in [-0.05, 0) is 65.8 Å². The first kappa shape index (κ1) is 27.8. The average Bonchev–Trinajstić information content (AvgIpc) is 3.69. The maximum Gasteiger partial charge on any atom is 0.458 e. The lowest BCUT2D eigenvalue weighted by Gasteiger charge is -2.25. The molecule has 204 valence electrons. The quantitative estimate of drug-likeness (QED) is 0.272. The van der Waals surface area contributed by atoms with Crippen LogP contribution in [0.1, 0.15) is 47.1 Å². The first-order chi connectivity index (χ1) is 17.8. The van der Waals surface area contributed by atoms with Crippen molar-refractivity contribution < 1.29 is 45.0 Å². The predicted octanol–water partition coefficient (Wildman–Crippen LogP) is 7.61. The van der Waals surface area contributed by atoms with Gasteiger partial charge in [-0.3, -0.25) is 0 Å². The molecule has 1 saturated carbocycles. The summed E-state index contributed by atoms with van der Waals surface area (Å²) in [6.45, 7) is -1.04. The summed E-state index contributed by atoms with van der Waals surface area (Å²) in [5, 5.41) is 11.9. The van der Waals surface area contributed by atoms with E-state index in [1.807, 2.05) is 18.2 Å². The van der Waals surface area contributed by atoms with E-state index < -0.39 is 42.5 Å².